The van der Waals surface area contributed by atoms with Crippen LogP contribution in [-0.4, -0.2) is 39.6 Å². The first kappa shape index (κ1) is 21.0. The average Bonchev–Trinajstić information content (AvgIpc) is 3.15. The largest absolute Gasteiger partial charge is 0.449 e. The molecule has 6 rings (SSSR count). The SMILES string of the molecule is O=C1OC2(CCNC2)c2ccnc(C(=O)C3(c4ccc(-n5ccc(C(F)(F)F)n5)cc4)CC3)c21. The van der Waals surface area contributed by atoms with Gasteiger partial charge in [-0.1, -0.05) is 12.1 Å². The summed E-state index contributed by atoms with van der Waals surface area (Å²) in [5.74, 6) is -0.768. The highest BCUT2D eigenvalue weighted by atomic mass is 19.4. The molecular formula is C24H19F3N4O3. The normalized spacial score (nSPS) is 22.6. The summed E-state index contributed by atoms with van der Waals surface area (Å²) in [6.45, 7) is 1.22. The van der Waals surface area contributed by atoms with Gasteiger partial charge in [0.25, 0.3) is 0 Å². The number of rotatable bonds is 4. The highest BCUT2D eigenvalue weighted by molar-refractivity contribution is 6.12. The Morgan fingerprint density at radius 3 is 2.47 bits per heavy atom. The van der Waals surface area contributed by atoms with E-state index < -0.39 is 28.9 Å². The number of pyridine rings is 1. The second-order valence-corrected chi connectivity index (χ2v) is 8.99. The Hall–Kier alpha value is -3.53. The van der Waals surface area contributed by atoms with Crippen molar-refractivity contribution in [1.82, 2.24) is 20.1 Å². The van der Waals surface area contributed by atoms with Crippen molar-refractivity contribution in [2.24, 2.45) is 0 Å². The molecule has 174 valence electrons. The molecule has 3 aromatic rings. The molecule has 2 aromatic heterocycles. The van der Waals surface area contributed by atoms with Gasteiger partial charge in [0.2, 0.25) is 0 Å². The van der Waals surface area contributed by atoms with Crippen LogP contribution >= 0.6 is 0 Å². The van der Waals surface area contributed by atoms with E-state index in [1.54, 1.807) is 36.5 Å². The predicted octanol–water partition coefficient (Wildman–Crippen LogP) is 3.56. The fraction of sp³-hybridized carbons (Fsp3) is 0.333. The van der Waals surface area contributed by atoms with Crippen molar-refractivity contribution in [2.75, 3.05) is 13.1 Å². The topological polar surface area (TPSA) is 86.1 Å². The Morgan fingerprint density at radius 1 is 1.09 bits per heavy atom. The van der Waals surface area contributed by atoms with Gasteiger partial charge in [-0.25, -0.2) is 9.48 Å². The number of hydrogen-bond acceptors (Lipinski definition) is 6. The van der Waals surface area contributed by atoms with Crippen LogP contribution in [0.1, 0.15) is 56.9 Å². The number of nitrogens with zero attached hydrogens (tertiary/aromatic N) is 3. The smallest absolute Gasteiger partial charge is 0.435 e. The first-order chi connectivity index (χ1) is 16.2. The van der Waals surface area contributed by atoms with Crippen molar-refractivity contribution < 1.29 is 27.5 Å². The third-order valence-electron chi connectivity index (χ3n) is 7.01. The van der Waals surface area contributed by atoms with Crippen LogP contribution in [0.5, 0.6) is 0 Å². The number of aromatic nitrogens is 3. The summed E-state index contributed by atoms with van der Waals surface area (Å²) in [4.78, 5) is 30.7. The molecule has 1 atom stereocenters. The Bertz CT molecular complexity index is 1320. The summed E-state index contributed by atoms with van der Waals surface area (Å²) in [5, 5.41) is 6.79. The van der Waals surface area contributed by atoms with Crippen LogP contribution in [0.15, 0.2) is 48.8 Å². The van der Waals surface area contributed by atoms with E-state index in [1.165, 1.54) is 6.20 Å². The monoisotopic (exact) mass is 468 g/mol. The van der Waals surface area contributed by atoms with Gasteiger partial charge in [-0.3, -0.25) is 9.78 Å². The van der Waals surface area contributed by atoms with Gasteiger partial charge in [-0.05, 0) is 49.2 Å². The number of Topliss-reactive ketones (excluding diaryl/α,β-unsaturated/α-hetero) is 1. The Morgan fingerprint density at radius 2 is 1.85 bits per heavy atom. The highest BCUT2D eigenvalue weighted by Crippen LogP contribution is 2.52. The molecule has 1 saturated heterocycles. The van der Waals surface area contributed by atoms with Crippen LogP contribution in [0.25, 0.3) is 5.69 Å². The number of nitrogens with one attached hydrogen (secondary N) is 1. The van der Waals surface area contributed by atoms with Gasteiger partial charge >= 0.3 is 12.1 Å². The maximum absolute atomic E-state index is 13.7. The fourth-order valence-electron chi connectivity index (χ4n) is 5.04. The Labute approximate surface area is 191 Å². The fourth-order valence-corrected chi connectivity index (χ4v) is 5.04. The number of esters is 1. The summed E-state index contributed by atoms with van der Waals surface area (Å²) >= 11 is 0. The summed E-state index contributed by atoms with van der Waals surface area (Å²) in [6, 6.07) is 9.36. The van der Waals surface area contributed by atoms with Crippen molar-refractivity contribution in [2.45, 2.75) is 36.5 Å². The van der Waals surface area contributed by atoms with Gasteiger partial charge in [-0.15, -0.1) is 0 Å². The van der Waals surface area contributed by atoms with E-state index in [4.69, 9.17) is 4.74 Å². The zero-order chi connectivity index (χ0) is 23.7. The second kappa shape index (κ2) is 6.99. The quantitative estimate of drug-likeness (QED) is 0.466. The zero-order valence-electron chi connectivity index (χ0n) is 17.9. The maximum atomic E-state index is 13.7. The van der Waals surface area contributed by atoms with Crippen molar-refractivity contribution in [3.8, 4) is 5.69 Å². The van der Waals surface area contributed by atoms with E-state index in [9.17, 15) is 22.8 Å². The molecule has 0 bridgehead atoms. The number of alkyl halides is 3. The first-order valence-corrected chi connectivity index (χ1v) is 11.0. The molecule has 2 aliphatic heterocycles. The number of halogens is 3. The molecule has 4 heterocycles. The number of ketones is 1. The average molecular weight is 468 g/mol. The molecule has 1 N–H and O–H groups in total. The number of benzene rings is 1. The van der Waals surface area contributed by atoms with E-state index >= 15 is 0 Å². The predicted molar refractivity (Wildman–Crippen MR) is 113 cm³/mol. The molecule has 7 nitrogen and oxygen atoms in total. The number of ether oxygens (including phenoxy) is 1. The molecule has 1 unspecified atom stereocenters. The maximum Gasteiger partial charge on any atom is 0.435 e. The minimum Gasteiger partial charge on any atom is -0.449 e. The van der Waals surface area contributed by atoms with E-state index in [1.807, 2.05) is 0 Å². The standard InChI is InChI=1S/C24H19F3N4O3/c25-24(26,27)17-6-12-31(30-17)15-3-1-14(2-4-15)22(7-8-22)20(32)19-18-16(5-10-29-19)23(34-21(18)33)9-11-28-13-23/h1-6,10,12,28H,7-9,11,13H2. The zero-order valence-corrected chi connectivity index (χ0v) is 17.9. The van der Waals surface area contributed by atoms with Crippen LogP contribution in [0.3, 0.4) is 0 Å². The van der Waals surface area contributed by atoms with E-state index in [0.717, 1.165) is 22.9 Å². The molecule has 10 heteroatoms. The van der Waals surface area contributed by atoms with Gasteiger partial charge in [0.1, 0.15) is 5.69 Å². The summed E-state index contributed by atoms with van der Waals surface area (Å²) < 4.78 is 45.4. The Balaban J connectivity index is 1.32. The number of fused-ring (bicyclic) bond motifs is 2. The molecule has 1 saturated carbocycles. The Kier molecular flexibility index (Phi) is 4.32. The van der Waals surface area contributed by atoms with Gasteiger partial charge in [0.15, 0.2) is 17.1 Å². The van der Waals surface area contributed by atoms with Crippen molar-refractivity contribution >= 4 is 11.8 Å². The molecule has 0 amide bonds. The van der Waals surface area contributed by atoms with Gasteiger partial charge < -0.3 is 10.1 Å². The first-order valence-electron chi connectivity index (χ1n) is 11.0. The second-order valence-electron chi connectivity index (χ2n) is 8.99. The van der Waals surface area contributed by atoms with Gasteiger partial charge in [0, 0.05) is 30.9 Å². The summed E-state index contributed by atoms with van der Waals surface area (Å²) in [7, 11) is 0. The van der Waals surface area contributed by atoms with Crippen LogP contribution in [0, 0.1) is 0 Å². The highest BCUT2D eigenvalue weighted by Gasteiger charge is 2.55. The third-order valence-corrected chi connectivity index (χ3v) is 7.01. The van der Waals surface area contributed by atoms with E-state index in [0.29, 0.717) is 37.1 Å². The number of carbonyl (C=O) groups is 2. The number of carbonyl (C=O) groups excluding carboxylic acids is 2. The summed E-state index contributed by atoms with van der Waals surface area (Å²) in [5.41, 5.74) is -0.297. The molecule has 1 spiro atoms. The van der Waals surface area contributed by atoms with Crippen molar-refractivity contribution in [1.29, 1.82) is 0 Å². The minimum absolute atomic E-state index is 0.120. The molecule has 0 radical (unpaired) electrons. The molecule has 1 aliphatic carbocycles. The number of hydrogen-bond donors (Lipinski definition) is 1. The van der Waals surface area contributed by atoms with Crippen molar-refractivity contribution in [3.63, 3.8) is 0 Å². The third kappa shape index (κ3) is 3.01. The lowest BCUT2D eigenvalue weighted by Crippen LogP contribution is -2.29. The van der Waals surface area contributed by atoms with Crippen molar-refractivity contribution in [3.05, 3.63) is 76.9 Å². The van der Waals surface area contributed by atoms with Crippen LogP contribution in [-0.2, 0) is 21.9 Å². The minimum atomic E-state index is -4.52. The molecule has 34 heavy (non-hydrogen) atoms. The van der Waals surface area contributed by atoms with Crippen LogP contribution in [0.2, 0.25) is 0 Å². The van der Waals surface area contributed by atoms with Gasteiger partial charge in [0.05, 0.1) is 16.7 Å². The lowest BCUT2D eigenvalue weighted by molar-refractivity contribution is -0.141. The molecule has 2 fully saturated rings. The molecule has 1 aromatic carbocycles. The van der Waals surface area contributed by atoms with E-state index in [2.05, 4.69) is 15.4 Å². The molecule has 3 aliphatic rings. The van der Waals surface area contributed by atoms with Gasteiger partial charge in [-0.2, -0.15) is 18.3 Å². The summed E-state index contributed by atoms with van der Waals surface area (Å²) in [6.07, 6.45) is 0.0958. The van der Waals surface area contributed by atoms with Crippen LogP contribution in [0.4, 0.5) is 13.2 Å². The lowest BCUT2D eigenvalue weighted by Gasteiger charge is -2.21. The molecular weight excluding hydrogens is 449 g/mol. The lowest BCUT2D eigenvalue weighted by atomic mass is 9.85. The van der Waals surface area contributed by atoms with E-state index in [-0.39, 0.29) is 17.0 Å². The van der Waals surface area contributed by atoms with Crippen LogP contribution < -0.4 is 5.32 Å².